The fourth-order valence-electron chi connectivity index (χ4n) is 3.38. The third-order valence-corrected chi connectivity index (χ3v) is 6.86. The minimum Gasteiger partial charge on any atom is -0.481 e. The zero-order chi connectivity index (χ0) is 15.0. The third-order valence-electron chi connectivity index (χ3n) is 4.54. The molecule has 1 N–H and O–H groups in total. The zero-order valence-electron chi connectivity index (χ0n) is 11.7. The largest absolute Gasteiger partial charge is 0.481 e. The second-order valence-corrected chi connectivity index (χ2v) is 8.05. The number of rotatable bonds is 3. The summed E-state index contributed by atoms with van der Waals surface area (Å²) in [5.74, 6) is -1.74. The van der Waals surface area contributed by atoms with Gasteiger partial charge in [-0.1, -0.05) is 37.1 Å². The molecule has 1 aromatic rings. The molecule has 21 heavy (non-hydrogen) atoms. The van der Waals surface area contributed by atoms with Crippen LogP contribution in [0.3, 0.4) is 0 Å². The monoisotopic (exact) mass is 309 g/mol. The maximum Gasteiger partial charge on any atom is 0.312 e. The number of aliphatic carboxylic acids is 1. The fraction of sp³-hybridized carbons (Fsp3) is 0.533. The maximum absolute atomic E-state index is 12.7. The van der Waals surface area contributed by atoms with E-state index in [1.54, 1.807) is 12.1 Å². The standard InChI is InChI=1S/C15H19NO4S/c17-15(18)14-10-16(9-11-5-1-4-8-13(11)14)21(19,20)12-6-2-3-7-12/h1,4-5,8,12,14H,2-3,6-7,9-10H2,(H,17,18). The van der Waals surface area contributed by atoms with Crippen LogP contribution in [-0.4, -0.2) is 35.6 Å². The number of hydrogen-bond donors (Lipinski definition) is 1. The summed E-state index contributed by atoms with van der Waals surface area (Å²) in [4.78, 5) is 11.5. The van der Waals surface area contributed by atoms with Crippen molar-refractivity contribution in [1.82, 2.24) is 4.31 Å². The lowest BCUT2D eigenvalue weighted by molar-refractivity contribution is -0.139. The van der Waals surface area contributed by atoms with E-state index in [2.05, 4.69) is 0 Å². The van der Waals surface area contributed by atoms with Crippen LogP contribution in [0.25, 0.3) is 0 Å². The number of hydrogen-bond acceptors (Lipinski definition) is 3. The summed E-state index contributed by atoms with van der Waals surface area (Å²) in [7, 11) is -3.40. The van der Waals surface area contributed by atoms with Crippen molar-refractivity contribution in [3.8, 4) is 0 Å². The first-order valence-electron chi connectivity index (χ1n) is 7.29. The Hall–Kier alpha value is -1.40. The van der Waals surface area contributed by atoms with E-state index in [9.17, 15) is 18.3 Å². The van der Waals surface area contributed by atoms with Gasteiger partial charge < -0.3 is 5.11 Å². The first-order chi connectivity index (χ1) is 10.00. The lowest BCUT2D eigenvalue weighted by Crippen LogP contribution is -2.44. The van der Waals surface area contributed by atoms with Gasteiger partial charge in [0, 0.05) is 13.1 Å². The Morgan fingerprint density at radius 2 is 1.86 bits per heavy atom. The first-order valence-corrected chi connectivity index (χ1v) is 8.80. The molecule has 1 atom stereocenters. The number of nitrogens with zero attached hydrogens (tertiary/aromatic N) is 1. The van der Waals surface area contributed by atoms with Crippen LogP contribution in [0, 0.1) is 0 Å². The van der Waals surface area contributed by atoms with Crippen LogP contribution >= 0.6 is 0 Å². The first kappa shape index (κ1) is 14.5. The van der Waals surface area contributed by atoms with Gasteiger partial charge in [-0.05, 0) is 24.0 Å². The van der Waals surface area contributed by atoms with Crippen LogP contribution in [0.4, 0.5) is 0 Å². The van der Waals surface area contributed by atoms with Gasteiger partial charge in [-0.15, -0.1) is 0 Å². The highest BCUT2D eigenvalue weighted by Crippen LogP contribution is 2.34. The van der Waals surface area contributed by atoms with Gasteiger partial charge in [0.05, 0.1) is 11.2 Å². The lowest BCUT2D eigenvalue weighted by atomic mass is 9.91. The van der Waals surface area contributed by atoms with E-state index in [1.165, 1.54) is 4.31 Å². The minimum atomic E-state index is -3.40. The molecule has 0 saturated heterocycles. The predicted octanol–water partition coefficient (Wildman–Crippen LogP) is 1.94. The Bertz CT molecular complexity index is 649. The highest BCUT2D eigenvalue weighted by molar-refractivity contribution is 7.89. The molecule has 0 spiro atoms. The molecule has 1 aromatic carbocycles. The molecule has 0 amide bonds. The average Bonchev–Trinajstić information content (AvgIpc) is 3.00. The molecular weight excluding hydrogens is 290 g/mol. The molecule has 1 fully saturated rings. The summed E-state index contributed by atoms with van der Waals surface area (Å²) >= 11 is 0. The van der Waals surface area contributed by atoms with Crippen LogP contribution < -0.4 is 0 Å². The summed E-state index contributed by atoms with van der Waals surface area (Å²) in [6.07, 6.45) is 3.27. The van der Waals surface area contributed by atoms with Crippen molar-refractivity contribution < 1.29 is 18.3 Å². The van der Waals surface area contributed by atoms with E-state index in [0.717, 1.165) is 24.0 Å². The number of carbonyl (C=O) groups is 1. The van der Waals surface area contributed by atoms with Gasteiger partial charge in [-0.25, -0.2) is 8.42 Å². The quantitative estimate of drug-likeness (QED) is 0.926. The molecule has 3 rings (SSSR count). The highest BCUT2D eigenvalue weighted by atomic mass is 32.2. The van der Waals surface area contributed by atoms with Crippen LogP contribution in [0.15, 0.2) is 24.3 Å². The van der Waals surface area contributed by atoms with Crippen LogP contribution in [0.2, 0.25) is 0 Å². The van der Waals surface area contributed by atoms with Crippen LogP contribution in [0.1, 0.15) is 42.7 Å². The van der Waals surface area contributed by atoms with Gasteiger partial charge in [-0.3, -0.25) is 4.79 Å². The highest BCUT2D eigenvalue weighted by Gasteiger charge is 2.40. The van der Waals surface area contributed by atoms with Gasteiger partial charge >= 0.3 is 5.97 Å². The second-order valence-electron chi connectivity index (χ2n) is 5.83. The average molecular weight is 309 g/mol. The molecule has 0 radical (unpaired) electrons. The molecule has 1 unspecified atom stereocenters. The van der Waals surface area contributed by atoms with Gasteiger partial charge in [0.25, 0.3) is 0 Å². The van der Waals surface area contributed by atoms with Crippen molar-refractivity contribution in [2.75, 3.05) is 6.54 Å². The van der Waals surface area contributed by atoms with Gasteiger partial charge in [-0.2, -0.15) is 4.31 Å². The molecule has 1 aliphatic carbocycles. The van der Waals surface area contributed by atoms with E-state index in [0.29, 0.717) is 19.4 Å². The molecule has 1 saturated carbocycles. The number of fused-ring (bicyclic) bond motifs is 1. The van der Waals surface area contributed by atoms with E-state index in [1.807, 2.05) is 12.1 Å². The molecule has 1 heterocycles. The number of benzene rings is 1. The molecule has 5 nitrogen and oxygen atoms in total. The van der Waals surface area contributed by atoms with E-state index >= 15 is 0 Å². The van der Waals surface area contributed by atoms with Crippen molar-refractivity contribution in [3.05, 3.63) is 35.4 Å². The molecule has 6 heteroatoms. The lowest BCUT2D eigenvalue weighted by Gasteiger charge is -2.33. The van der Waals surface area contributed by atoms with Gasteiger partial charge in [0.15, 0.2) is 0 Å². The van der Waals surface area contributed by atoms with Crippen LogP contribution in [0.5, 0.6) is 0 Å². The molecule has 114 valence electrons. The Labute approximate surface area is 124 Å². The normalized spacial score (nSPS) is 23.9. The van der Waals surface area contributed by atoms with E-state index in [4.69, 9.17) is 0 Å². The van der Waals surface area contributed by atoms with E-state index < -0.39 is 21.9 Å². The summed E-state index contributed by atoms with van der Waals surface area (Å²) in [5.41, 5.74) is 1.54. The Morgan fingerprint density at radius 3 is 2.52 bits per heavy atom. The van der Waals surface area contributed by atoms with Crippen molar-refractivity contribution in [2.24, 2.45) is 0 Å². The second kappa shape index (κ2) is 5.42. The number of carboxylic acid groups (broad SMARTS) is 1. The smallest absolute Gasteiger partial charge is 0.312 e. The Kier molecular flexibility index (Phi) is 3.75. The Balaban J connectivity index is 1.94. The SMILES string of the molecule is O=C(O)C1CN(S(=O)(=O)C2CCCC2)Cc2ccccc21. The molecule has 0 bridgehead atoms. The number of sulfonamides is 1. The van der Waals surface area contributed by atoms with Crippen molar-refractivity contribution in [3.63, 3.8) is 0 Å². The number of carboxylic acids is 1. The maximum atomic E-state index is 12.7. The predicted molar refractivity (Wildman–Crippen MR) is 78.4 cm³/mol. The molecule has 1 aliphatic heterocycles. The minimum absolute atomic E-state index is 0.0468. The van der Waals surface area contributed by atoms with Gasteiger partial charge in [0.1, 0.15) is 0 Å². The van der Waals surface area contributed by atoms with E-state index in [-0.39, 0.29) is 11.8 Å². The topological polar surface area (TPSA) is 74.7 Å². The van der Waals surface area contributed by atoms with Crippen molar-refractivity contribution in [2.45, 2.75) is 43.4 Å². The fourth-order valence-corrected chi connectivity index (χ4v) is 5.40. The van der Waals surface area contributed by atoms with Gasteiger partial charge in [0.2, 0.25) is 10.0 Å². The third kappa shape index (κ3) is 2.58. The zero-order valence-corrected chi connectivity index (χ0v) is 12.6. The summed E-state index contributed by atoms with van der Waals surface area (Å²) in [6.45, 7) is 0.337. The molecule has 2 aliphatic rings. The van der Waals surface area contributed by atoms with Crippen molar-refractivity contribution in [1.29, 1.82) is 0 Å². The van der Waals surface area contributed by atoms with Crippen LogP contribution in [-0.2, 0) is 21.4 Å². The Morgan fingerprint density at radius 1 is 1.19 bits per heavy atom. The summed E-state index contributed by atoms with van der Waals surface area (Å²) in [5, 5.41) is 9.08. The van der Waals surface area contributed by atoms with Crippen molar-refractivity contribution >= 4 is 16.0 Å². The summed E-state index contributed by atoms with van der Waals surface area (Å²) in [6, 6.07) is 7.23. The summed E-state index contributed by atoms with van der Waals surface area (Å²) < 4.78 is 26.8. The molecular formula is C15H19NO4S. The molecule has 0 aromatic heterocycles.